The fourth-order valence-corrected chi connectivity index (χ4v) is 3.20. The summed E-state index contributed by atoms with van der Waals surface area (Å²) in [6, 6.07) is 9.22. The first-order valence-corrected chi connectivity index (χ1v) is 9.15. The van der Waals surface area contributed by atoms with Crippen LogP contribution in [0.1, 0.15) is 43.7 Å². The van der Waals surface area contributed by atoms with Crippen LogP contribution in [0.3, 0.4) is 0 Å². The molecule has 2 aromatic rings. The summed E-state index contributed by atoms with van der Waals surface area (Å²) in [4.78, 5) is 23.0. The van der Waals surface area contributed by atoms with Crippen molar-refractivity contribution in [2.24, 2.45) is 5.73 Å². The number of carbonyl (C=O) groups excluding carboxylic acids is 2. The molecule has 0 bridgehead atoms. The van der Waals surface area contributed by atoms with Gasteiger partial charge in [-0.05, 0) is 36.6 Å². The lowest BCUT2D eigenvalue weighted by atomic mass is 9.96. The van der Waals surface area contributed by atoms with Gasteiger partial charge in [0.1, 0.15) is 11.6 Å². The summed E-state index contributed by atoms with van der Waals surface area (Å²) in [5, 5.41) is 7.28. The van der Waals surface area contributed by atoms with E-state index < -0.39 is 5.91 Å². The van der Waals surface area contributed by atoms with Gasteiger partial charge in [0.05, 0.1) is 12.2 Å². The second-order valence-electron chi connectivity index (χ2n) is 6.60. The molecule has 1 saturated carbocycles. The van der Waals surface area contributed by atoms with E-state index >= 15 is 0 Å². The van der Waals surface area contributed by atoms with Crippen molar-refractivity contribution in [2.75, 3.05) is 11.9 Å². The second-order valence-corrected chi connectivity index (χ2v) is 6.60. The molecule has 0 spiro atoms. The number of primary amides is 1. The highest BCUT2D eigenvalue weighted by atomic mass is 16.5. The monoisotopic (exact) mass is 368 g/mol. The van der Waals surface area contributed by atoms with E-state index in [1.165, 1.54) is 25.3 Å². The van der Waals surface area contributed by atoms with Crippen LogP contribution < -0.4 is 15.8 Å². The topological polar surface area (TPSA) is 99.2 Å². The minimum Gasteiger partial charge on any atom is -0.484 e. The summed E-state index contributed by atoms with van der Waals surface area (Å²) in [5.74, 6) is 0.545. The molecule has 1 heterocycles. The molecule has 0 atom stereocenters. The lowest BCUT2D eigenvalue weighted by Gasteiger charge is -2.23. The molecule has 7 nitrogen and oxygen atoms in total. The number of rotatable bonds is 7. The van der Waals surface area contributed by atoms with Gasteiger partial charge in [0.15, 0.2) is 6.61 Å². The maximum absolute atomic E-state index is 12.2. The normalized spacial score (nSPS) is 15.0. The van der Waals surface area contributed by atoms with E-state index in [9.17, 15) is 9.59 Å². The second kappa shape index (κ2) is 9.02. The average Bonchev–Trinajstić information content (AvgIpc) is 3.14. The Balaban J connectivity index is 1.56. The lowest BCUT2D eigenvalue weighted by molar-refractivity contribution is -0.120. The SMILES string of the molecule is NC(=O)COc1ccc(/C=C/C(=O)Nc2ccnn2C2CCCCC2)cc1. The minimum atomic E-state index is -0.525. The summed E-state index contributed by atoms with van der Waals surface area (Å²) in [6.07, 6.45) is 10.8. The molecule has 0 unspecified atom stereocenters. The van der Waals surface area contributed by atoms with Gasteiger partial charge >= 0.3 is 0 Å². The highest BCUT2D eigenvalue weighted by Crippen LogP contribution is 2.29. The highest BCUT2D eigenvalue weighted by molar-refractivity contribution is 6.01. The van der Waals surface area contributed by atoms with Crippen LogP contribution in [-0.2, 0) is 9.59 Å². The highest BCUT2D eigenvalue weighted by Gasteiger charge is 2.18. The van der Waals surface area contributed by atoms with Crippen LogP contribution in [0.2, 0.25) is 0 Å². The summed E-state index contributed by atoms with van der Waals surface area (Å²) in [6.45, 7) is -0.160. The molecule has 0 aliphatic heterocycles. The zero-order chi connectivity index (χ0) is 19.1. The Labute approximate surface area is 158 Å². The van der Waals surface area contributed by atoms with Gasteiger partial charge in [-0.25, -0.2) is 4.68 Å². The van der Waals surface area contributed by atoms with Crippen molar-refractivity contribution in [1.82, 2.24) is 9.78 Å². The third kappa shape index (κ3) is 5.44. The van der Waals surface area contributed by atoms with Gasteiger partial charge in [0.25, 0.3) is 5.91 Å². The van der Waals surface area contributed by atoms with Crippen LogP contribution in [0.25, 0.3) is 6.08 Å². The van der Waals surface area contributed by atoms with Crippen molar-refractivity contribution in [3.05, 3.63) is 48.2 Å². The standard InChI is InChI=1S/C20H24N4O3/c21-18(25)14-27-17-9-6-15(7-10-17)8-11-20(26)23-19-12-13-22-24(19)16-4-2-1-3-5-16/h6-13,16H,1-5,14H2,(H2,21,25)(H,23,26)/b11-8+. The van der Waals surface area contributed by atoms with Gasteiger partial charge in [-0.1, -0.05) is 31.4 Å². The Morgan fingerprint density at radius 2 is 1.93 bits per heavy atom. The van der Waals surface area contributed by atoms with Gasteiger partial charge in [0.2, 0.25) is 5.91 Å². The molecular formula is C20H24N4O3. The molecule has 3 N–H and O–H groups in total. The molecule has 2 amide bonds. The molecule has 7 heteroatoms. The zero-order valence-electron chi connectivity index (χ0n) is 15.1. The van der Waals surface area contributed by atoms with Crippen LogP contribution in [-0.4, -0.2) is 28.2 Å². The Hall–Kier alpha value is -3.09. The van der Waals surface area contributed by atoms with Crippen molar-refractivity contribution >= 4 is 23.7 Å². The zero-order valence-corrected chi connectivity index (χ0v) is 15.1. The predicted molar refractivity (Wildman–Crippen MR) is 103 cm³/mol. The van der Waals surface area contributed by atoms with Gasteiger partial charge in [-0.2, -0.15) is 5.10 Å². The number of nitrogens with one attached hydrogen (secondary N) is 1. The first-order valence-electron chi connectivity index (χ1n) is 9.15. The maximum atomic E-state index is 12.2. The Kier molecular flexibility index (Phi) is 6.25. The molecule has 1 aliphatic carbocycles. The average molecular weight is 368 g/mol. The van der Waals surface area contributed by atoms with Crippen molar-refractivity contribution in [2.45, 2.75) is 38.1 Å². The van der Waals surface area contributed by atoms with Crippen LogP contribution in [0.5, 0.6) is 5.75 Å². The molecule has 27 heavy (non-hydrogen) atoms. The molecule has 1 fully saturated rings. The summed E-state index contributed by atoms with van der Waals surface area (Å²) in [5.41, 5.74) is 5.88. The smallest absolute Gasteiger partial charge is 0.255 e. The fourth-order valence-electron chi connectivity index (χ4n) is 3.20. The van der Waals surface area contributed by atoms with Crippen LogP contribution in [0.4, 0.5) is 5.82 Å². The van der Waals surface area contributed by atoms with Crippen LogP contribution >= 0.6 is 0 Å². The van der Waals surface area contributed by atoms with E-state index in [1.54, 1.807) is 36.5 Å². The number of hydrogen-bond donors (Lipinski definition) is 2. The van der Waals surface area contributed by atoms with Crippen LogP contribution in [0, 0.1) is 0 Å². The number of amides is 2. The van der Waals surface area contributed by atoms with Gasteiger partial charge < -0.3 is 15.8 Å². The van der Waals surface area contributed by atoms with Gasteiger partial charge in [0, 0.05) is 12.1 Å². The Morgan fingerprint density at radius 1 is 1.19 bits per heavy atom. The van der Waals surface area contributed by atoms with E-state index in [0.717, 1.165) is 24.2 Å². The summed E-state index contributed by atoms with van der Waals surface area (Å²) in [7, 11) is 0. The van der Waals surface area contributed by atoms with Gasteiger partial charge in [-0.3, -0.25) is 9.59 Å². The van der Waals surface area contributed by atoms with Crippen molar-refractivity contribution < 1.29 is 14.3 Å². The lowest BCUT2D eigenvalue weighted by Crippen LogP contribution is -2.19. The number of aromatic nitrogens is 2. The Bertz CT molecular complexity index is 805. The largest absolute Gasteiger partial charge is 0.484 e. The van der Waals surface area contributed by atoms with Crippen molar-refractivity contribution in [3.63, 3.8) is 0 Å². The number of carbonyl (C=O) groups is 2. The minimum absolute atomic E-state index is 0.160. The number of anilines is 1. The van der Waals surface area contributed by atoms with E-state index in [2.05, 4.69) is 10.4 Å². The third-order valence-electron chi connectivity index (χ3n) is 4.53. The summed E-state index contributed by atoms with van der Waals surface area (Å²) < 4.78 is 7.13. The predicted octanol–water partition coefficient (Wildman–Crippen LogP) is 2.90. The van der Waals surface area contributed by atoms with Gasteiger partial charge in [-0.15, -0.1) is 0 Å². The third-order valence-corrected chi connectivity index (χ3v) is 4.53. The molecule has 1 aromatic heterocycles. The van der Waals surface area contributed by atoms with E-state index in [0.29, 0.717) is 11.8 Å². The van der Waals surface area contributed by atoms with E-state index in [-0.39, 0.29) is 12.5 Å². The molecule has 142 valence electrons. The quantitative estimate of drug-likeness (QED) is 0.734. The number of nitrogens with zero attached hydrogens (tertiary/aromatic N) is 2. The number of hydrogen-bond acceptors (Lipinski definition) is 4. The van der Waals surface area contributed by atoms with Crippen molar-refractivity contribution in [1.29, 1.82) is 0 Å². The van der Waals surface area contributed by atoms with Crippen LogP contribution in [0.15, 0.2) is 42.6 Å². The Morgan fingerprint density at radius 3 is 2.63 bits per heavy atom. The van der Waals surface area contributed by atoms with Crippen molar-refractivity contribution in [3.8, 4) is 5.75 Å². The fraction of sp³-hybridized carbons (Fsp3) is 0.350. The summed E-state index contributed by atoms with van der Waals surface area (Å²) >= 11 is 0. The van der Waals surface area contributed by atoms with E-state index in [1.807, 2.05) is 10.7 Å². The molecule has 1 aliphatic rings. The maximum Gasteiger partial charge on any atom is 0.255 e. The first-order chi connectivity index (χ1) is 13.1. The molecular weight excluding hydrogens is 344 g/mol. The molecule has 1 aromatic carbocycles. The molecule has 0 saturated heterocycles. The first kappa shape index (κ1) is 18.7. The molecule has 0 radical (unpaired) electrons. The van der Waals surface area contributed by atoms with E-state index in [4.69, 9.17) is 10.5 Å². The number of benzene rings is 1. The number of ether oxygens (including phenoxy) is 1. The number of nitrogens with two attached hydrogens (primary N) is 1. The molecule has 3 rings (SSSR count).